The van der Waals surface area contributed by atoms with Crippen LogP contribution in [-0.2, 0) is 4.79 Å². The lowest BCUT2D eigenvalue weighted by atomic mass is 9.66. The van der Waals surface area contributed by atoms with Crippen molar-refractivity contribution >= 4 is 5.78 Å². The van der Waals surface area contributed by atoms with Crippen LogP contribution in [0.25, 0.3) is 0 Å². The third-order valence-electron chi connectivity index (χ3n) is 3.34. The zero-order valence-corrected chi connectivity index (χ0v) is 8.34. The van der Waals surface area contributed by atoms with E-state index in [0.29, 0.717) is 0 Å². The summed E-state index contributed by atoms with van der Waals surface area (Å²) >= 11 is 0. The van der Waals surface area contributed by atoms with Gasteiger partial charge < -0.3 is 0 Å². The normalized spacial score (nSPS) is 38.5. The van der Waals surface area contributed by atoms with Crippen LogP contribution in [0.15, 0.2) is 23.8 Å². The van der Waals surface area contributed by atoms with Crippen molar-refractivity contribution in [3.05, 3.63) is 23.8 Å². The molecule has 0 aromatic rings. The Kier molecular flexibility index (Phi) is 1.90. The average Bonchev–Trinajstić information content (AvgIpc) is 2.06. The van der Waals surface area contributed by atoms with Crippen LogP contribution in [0.3, 0.4) is 0 Å². The Balaban J connectivity index is 2.31. The molecule has 13 heavy (non-hydrogen) atoms. The fourth-order valence-corrected chi connectivity index (χ4v) is 2.54. The van der Waals surface area contributed by atoms with Gasteiger partial charge in [-0.1, -0.05) is 25.5 Å². The summed E-state index contributed by atoms with van der Waals surface area (Å²) < 4.78 is 0. The number of ketones is 1. The van der Waals surface area contributed by atoms with Crippen LogP contribution in [0.1, 0.15) is 33.1 Å². The fourth-order valence-electron chi connectivity index (χ4n) is 2.54. The second kappa shape index (κ2) is 2.83. The molecular weight excluding hydrogens is 160 g/mol. The summed E-state index contributed by atoms with van der Waals surface area (Å²) in [6, 6.07) is 0. The molecule has 0 bridgehead atoms. The molecule has 1 heteroatoms. The maximum absolute atomic E-state index is 11.2. The molecule has 2 rings (SSSR count). The van der Waals surface area contributed by atoms with E-state index in [4.69, 9.17) is 0 Å². The first-order valence-electron chi connectivity index (χ1n) is 5.04. The summed E-state index contributed by atoms with van der Waals surface area (Å²) in [5, 5.41) is 0. The van der Waals surface area contributed by atoms with Crippen molar-refractivity contribution in [1.29, 1.82) is 0 Å². The first-order chi connectivity index (χ1) is 6.10. The number of fused-ring (bicyclic) bond motifs is 1. The van der Waals surface area contributed by atoms with E-state index in [1.54, 1.807) is 6.08 Å². The number of allylic oxidation sites excluding steroid dienone is 4. The van der Waals surface area contributed by atoms with Gasteiger partial charge in [0.05, 0.1) is 0 Å². The summed E-state index contributed by atoms with van der Waals surface area (Å²) in [6.45, 7) is 4.55. The number of hydrogen-bond acceptors (Lipinski definition) is 1. The van der Waals surface area contributed by atoms with Crippen molar-refractivity contribution in [2.45, 2.75) is 33.1 Å². The van der Waals surface area contributed by atoms with Crippen LogP contribution in [-0.4, -0.2) is 5.78 Å². The standard InChI is InChI=1S/C12H16O/c1-9-3-4-10-7-11(13)5-6-12(10,2)8-9/h5-7,9H,3-4,8H2,1-2H3/t9?,12-/m1/s1. The molecule has 0 aromatic carbocycles. The lowest BCUT2D eigenvalue weighted by Crippen LogP contribution is -2.28. The second-order valence-corrected chi connectivity index (χ2v) is 4.67. The van der Waals surface area contributed by atoms with E-state index in [2.05, 4.69) is 19.9 Å². The zero-order valence-electron chi connectivity index (χ0n) is 8.34. The topological polar surface area (TPSA) is 17.1 Å². The highest BCUT2D eigenvalue weighted by Gasteiger charge is 2.34. The van der Waals surface area contributed by atoms with Crippen LogP contribution in [0.2, 0.25) is 0 Å². The second-order valence-electron chi connectivity index (χ2n) is 4.67. The van der Waals surface area contributed by atoms with E-state index in [1.807, 2.05) is 6.08 Å². The van der Waals surface area contributed by atoms with Crippen molar-refractivity contribution < 1.29 is 4.79 Å². The van der Waals surface area contributed by atoms with Crippen LogP contribution >= 0.6 is 0 Å². The van der Waals surface area contributed by atoms with Gasteiger partial charge in [-0.2, -0.15) is 0 Å². The molecule has 0 amide bonds. The molecule has 0 N–H and O–H groups in total. The molecule has 1 fully saturated rings. The molecule has 70 valence electrons. The molecule has 1 nitrogen and oxygen atoms in total. The van der Waals surface area contributed by atoms with Gasteiger partial charge in [0, 0.05) is 5.41 Å². The van der Waals surface area contributed by atoms with E-state index < -0.39 is 0 Å². The molecule has 2 aliphatic rings. The molecule has 0 saturated heterocycles. The number of rotatable bonds is 0. The van der Waals surface area contributed by atoms with E-state index in [-0.39, 0.29) is 11.2 Å². The summed E-state index contributed by atoms with van der Waals surface area (Å²) in [5.74, 6) is 0.960. The van der Waals surface area contributed by atoms with Gasteiger partial charge in [-0.15, -0.1) is 0 Å². The first kappa shape index (κ1) is 8.74. The Morgan fingerprint density at radius 3 is 3.08 bits per heavy atom. The summed E-state index contributed by atoms with van der Waals surface area (Å²) in [6.07, 6.45) is 9.20. The summed E-state index contributed by atoms with van der Waals surface area (Å²) in [5.41, 5.74) is 1.53. The molecule has 2 aliphatic carbocycles. The van der Waals surface area contributed by atoms with Crippen molar-refractivity contribution in [3.8, 4) is 0 Å². The first-order valence-corrected chi connectivity index (χ1v) is 5.04. The lowest BCUT2D eigenvalue weighted by molar-refractivity contribution is -0.110. The van der Waals surface area contributed by atoms with Crippen LogP contribution in [0, 0.1) is 11.3 Å². The predicted octanol–water partition coefficient (Wildman–Crippen LogP) is 2.88. The van der Waals surface area contributed by atoms with Gasteiger partial charge in [0.1, 0.15) is 0 Å². The Labute approximate surface area is 79.5 Å². The largest absolute Gasteiger partial charge is 0.290 e. The smallest absolute Gasteiger partial charge is 0.178 e. The van der Waals surface area contributed by atoms with Crippen molar-refractivity contribution in [3.63, 3.8) is 0 Å². The van der Waals surface area contributed by atoms with Crippen molar-refractivity contribution in [2.24, 2.45) is 11.3 Å². The van der Waals surface area contributed by atoms with E-state index in [0.717, 1.165) is 12.3 Å². The molecule has 0 heterocycles. The Morgan fingerprint density at radius 1 is 1.54 bits per heavy atom. The van der Waals surface area contributed by atoms with E-state index in [1.165, 1.54) is 18.4 Å². The van der Waals surface area contributed by atoms with Crippen molar-refractivity contribution in [1.82, 2.24) is 0 Å². The minimum Gasteiger partial charge on any atom is -0.290 e. The fraction of sp³-hybridized carbons (Fsp3) is 0.583. The van der Waals surface area contributed by atoms with Crippen molar-refractivity contribution in [2.75, 3.05) is 0 Å². The molecule has 0 aromatic heterocycles. The van der Waals surface area contributed by atoms with Gasteiger partial charge >= 0.3 is 0 Å². The molecular formula is C12H16O. The number of hydrogen-bond donors (Lipinski definition) is 0. The molecule has 0 radical (unpaired) electrons. The van der Waals surface area contributed by atoms with Gasteiger partial charge in [-0.3, -0.25) is 4.79 Å². The highest BCUT2D eigenvalue weighted by molar-refractivity contribution is 6.01. The maximum atomic E-state index is 11.2. The minimum absolute atomic E-state index is 0.169. The Bertz CT molecular complexity index is 298. The maximum Gasteiger partial charge on any atom is 0.178 e. The monoisotopic (exact) mass is 176 g/mol. The third-order valence-corrected chi connectivity index (χ3v) is 3.34. The van der Waals surface area contributed by atoms with Gasteiger partial charge in [0.15, 0.2) is 5.78 Å². The third kappa shape index (κ3) is 1.48. The lowest BCUT2D eigenvalue weighted by Gasteiger charge is -2.38. The SMILES string of the molecule is CC1CCC2=CC(=O)C=C[C@]2(C)C1. The highest BCUT2D eigenvalue weighted by Crippen LogP contribution is 2.45. The molecule has 0 spiro atoms. The van der Waals surface area contributed by atoms with Gasteiger partial charge in [-0.25, -0.2) is 0 Å². The molecule has 2 atom stereocenters. The Morgan fingerprint density at radius 2 is 2.31 bits per heavy atom. The van der Waals surface area contributed by atoms with Crippen LogP contribution < -0.4 is 0 Å². The molecule has 1 saturated carbocycles. The quantitative estimate of drug-likeness (QED) is 0.554. The van der Waals surface area contributed by atoms with Gasteiger partial charge in [0.2, 0.25) is 0 Å². The van der Waals surface area contributed by atoms with Crippen LogP contribution in [0.5, 0.6) is 0 Å². The number of carbonyl (C=O) groups is 1. The van der Waals surface area contributed by atoms with E-state index in [9.17, 15) is 4.79 Å². The Hall–Kier alpha value is -0.850. The number of carbonyl (C=O) groups excluding carboxylic acids is 1. The minimum atomic E-state index is 0.169. The van der Waals surface area contributed by atoms with Crippen LogP contribution in [0.4, 0.5) is 0 Å². The average molecular weight is 176 g/mol. The summed E-state index contributed by atoms with van der Waals surface area (Å²) in [7, 11) is 0. The zero-order chi connectivity index (χ0) is 9.47. The molecule has 1 unspecified atom stereocenters. The summed E-state index contributed by atoms with van der Waals surface area (Å²) in [4.78, 5) is 11.2. The molecule has 0 aliphatic heterocycles. The van der Waals surface area contributed by atoms with Gasteiger partial charge in [-0.05, 0) is 37.3 Å². The highest BCUT2D eigenvalue weighted by atomic mass is 16.1. The van der Waals surface area contributed by atoms with Gasteiger partial charge in [0.25, 0.3) is 0 Å². The predicted molar refractivity (Wildman–Crippen MR) is 53.4 cm³/mol. The van der Waals surface area contributed by atoms with E-state index >= 15 is 0 Å².